The van der Waals surface area contributed by atoms with Crippen molar-refractivity contribution in [3.63, 3.8) is 0 Å². The molecule has 3 rings (SSSR count). The molecule has 2 aromatic carbocycles. The van der Waals surface area contributed by atoms with Gasteiger partial charge in [-0.1, -0.05) is 13.8 Å². The number of carbonyl (C=O) groups excluding carboxylic acids is 1. The number of rotatable bonds is 6. The van der Waals surface area contributed by atoms with E-state index in [1.807, 2.05) is 24.3 Å². The van der Waals surface area contributed by atoms with Crippen LogP contribution in [0, 0.1) is 5.92 Å². The molecule has 2 aromatic rings. The maximum Gasteiger partial charge on any atom is 0.255 e. The third kappa shape index (κ3) is 5.81. The van der Waals surface area contributed by atoms with E-state index in [1.165, 1.54) is 0 Å². The smallest absolute Gasteiger partial charge is 0.255 e. The van der Waals surface area contributed by atoms with Crippen molar-refractivity contribution in [2.24, 2.45) is 5.92 Å². The fourth-order valence-corrected chi connectivity index (χ4v) is 4.02. The van der Waals surface area contributed by atoms with Crippen LogP contribution >= 0.6 is 0 Å². The van der Waals surface area contributed by atoms with E-state index in [2.05, 4.69) is 28.8 Å². The maximum absolute atomic E-state index is 12.6. The van der Waals surface area contributed by atoms with Crippen LogP contribution in [0.25, 0.3) is 0 Å². The second-order valence-electron chi connectivity index (χ2n) is 9.40. The van der Waals surface area contributed by atoms with E-state index in [9.17, 15) is 13.2 Å². The molecule has 174 valence electrons. The van der Waals surface area contributed by atoms with E-state index < -0.39 is 14.8 Å². The summed E-state index contributed by atoms with van der Waals surface area (Å²) >= 11 is 0. The van der Waals surface area contributed by atoms with Crippen molar-refractivity contribution in [1.82, 2.24) is 0 Å². The minimum Gasteiger partial charge on any atom is -0.374 e. The number of nitrogens with zero attached hydrogens (tertiary/aromatic N) is 1. The zero-order valence-corrected chi connectivity index (χ0v) is 20.2. The summed E-state index contributed by atoms with van der Waals surface area (Å²) in [4.78, 5) is 14.9. The second-order valence-corrected chi connectivity index (χ2v) is 11.8. The summed E-state index contributed by atoms with van der Waals surface area (Å²) in [5, 5.41) is 2.89. The lowest BCUT2D eigenvalue weighted by Crippen LogP contribution is -2.44. The van der Waals surface area contributed by atoms with Gasteiger partial charge in [-0.2, -0.15) is 0 Å². The van der Waals surface area contributed by atoms with Gasteiger partial charge in [0.05, 0.1) is 17.5 Å². The number of hydrogen-bond acceptors (Lipinski definition) is 5. The Kier molecular flexibility index (Phi) is 7.15. The lowest BCUT2D eigenvalue weighted by Gasteiger charge is -2.36. The molecule has 1 heterocycles. The summed E-state index contributed by atoms with van der Waals surface area (Å²) < 4.78 is 32.0. The van der Waals surface area contributed by atoms with E-state index in [0.717, 1.165) is 18.8 Å². The van der Waals surface area contributed by atoms with Gasteiger partial charge in [0.15, 0.2) is 0 Å². The van der Waals surface area contributed by atoms with Gasteiger partial charge in [-0.3, -0.25) is 9.52 Å². The number of morpholine rings is 1. The highest BCUT2D eigenvalue weighted by Crippen LogP contribution is 2.23. The van der Waals surface area contributed by atoms with E-state index in [-0.39, 0.29) is 12.0 Å². The molecule has 0 unspecified atom stereocenters. The number of sulfonamides is 1. The summed E-state index contributed by atoms with van der Waals surface area (Å²) in [5.41, 5.74) is 2.67. The van der Waals surface area contributed by atoms with Gasteiger partial charge in [0.1, 0.15) is 0 Å². The Morgan fingerprint density at radius 2 is 1.62 bits per heavy atom. The second kappa shape index (κ2) is 9.50. The summed E-state index contributed by atoms with van der Waals surface area (Å²) in [7, 11) is -3.52. The van der Waals surface area contributed by atoms with Crippen LogP contribution in [0.4, 0.5) is 17.1 Å². The zero-order chi connectivity index (χ0) is 23.5. The molecule has 0 radical (unpaired) electrons. The number of hydrogen-bond donors (Lipinski definition) is 2. The lowest BCUT2D eigenvalue weighted by molar-refractivity contribution is 0.0114. The Labute approximate surface area is 191 Å². The van der Waals surface area contributed by atoms with Crippen LogP contribution in [-0.2, 0) is 14.8 Å². The van der Waals surface area contributed by atoms with Crippen LogP contribution in [0.15, 0.2) is 48.5 Å². The Morgan fingerprint density at radius 3 is 2.19 bits per heavy atom. The molecule has 1 aliphatic rings. The number of amides is 1. The minimum absolute atomic E-state index is 0.221. The molecule has 8 heteroatoms. The van der Waals surface area contributed by atoms with Crippen LogP contribution in [0.5, 0.6) is 0 Å². The molecule has 0 aromatic heterocycles. The van der Waals surface area contributed by atoms with Crippen molar-refractivity contribution in [3.05, 3.63) is 54.1 Å². The SMILES string of the molecule is CC(C)[C@@H]1CN(c2ccc(NC(=O)c3ccc(NS(=O)(=O)C(C)(C)C)cc3)cc2)CCO1. The molecule has 2 N–H and O–H groups in total. The van der Waals surface area contributed by atoms with Crippen molar-refractivity contribution >= 4 is 33.0 Å². The fraction of sp³-hybridized carbons (Fsp3) is 0.458. The van der Waals surface area contributed by atoms with Crippen LogP contribution in [0.1, 0.15) is 45.0 Å². The molecule has 1 atom stereocenters. The van der Waals surface area contributed by atoms with Gasteiger partial charge >= 0.3 is 0 Å². The number of carbonyl (C=O) groups is 1. The first kappa shape index (κ1) is 24.1. The molecule has 0 saturated carbocycles. The Bertz CT molecular complexity index is 1030. The summed E-state index contributed by atoms with van der Waals surface area (Å²) in [6.07, 6.45) is 0.221. The molecule has 1 amide bonds. The number of nitrogens with one attached hydrogen (secondary N) is 2. The number of anilines is 3. The van der Waals surface area contributed by atoms with Gasteiger partial charge in [-0.25, -0.2) is 8.42 Å². The van der Waals surface area contributed by atoms with E-state index in [0.29, 0.717) is 29.5 Å². The molecule has 0 aliphatic carbocycles. The van der Waals surface area contributed by atoms with Gasteiger partial charge in [-0.05, 0) is 75.2 Å². The van der Waals surface area contributed by atoms with Gasteiger partial charge in [0, 0.05) is 35.7 Å². The van der Waals surface area contributed by atoms with E-state index >= 15 is 0 Å². The summed E-state index contributed by atoms with van der Waals surface area (Å²) in [6, 6.07) is 14.2. The Hall–Kier alpha value is -2.58. The normalized spacial score (nSPS) is 17.3. The van der Waals surface area contributed by atoms with Gasteiger partial charge in [0.2, 0.25) is 10.0 Å². The molecule has 1 fully saturated rings. The third-order valence-electron chi connectivity index (χ3n) is 5.53. The average Bonchev–Trinajstić information content (AvgIpc) is 2.74. The number of ether oxygens (including phenoxy) is 1. The Balaban J connectivity index is 1.61. The summed E-state index contributed by atoms with van der Waals surface area (Å²) in [5.74, 6) is 0.209. The molecule has 0 bridgehead atoms. The standard InChI is InChI=1S/C24H33N3O4S/c1-17(2)22-16-27(14-15-31-22)21-12-10-19(11-13-21)25-23(28)18-6-8-20(9-7-18)26-32(29,30)24(3,4)5/h6-13,17,22,26H,14-16H2,1-5H3,(H,25,28)/t22-/m0/s1. The average molecular weight is 460 g/mol. The molecule has 1 saturated heterocycles. The van der Waals surface area contributed by atoms with Crippen LogP contribution in [0.2, 0.25) is 0 Å². The van der Waals surface area contributed by atoms with Crippen molar-refractivity contribution in [3.8, 4) is 0 Å². The molecule has 7 nitrogen and oxygen atoms in total. The van der Waals surface area contributed by atoms with Crippen molar-refractivity contribution in [1.29, 1.82) is 0 Å². The molecule has 1 aliphatic heterocycles. The minimum atomic E-state index is -3.52. The predicted octanol–water partition coefficient (Wildman–Crippen LogP) is 4.34. The highest BCUT2D eigenvalue weighted by atomic mass is 32.2. The first-order valence-electron chi connectivity index (χ1n) is 10.9. The molecular weight excluding hydrogens is 426 g/mol. The highest BCUT2D eigenvalue weighted by Gasteiger charge is 2.29. The van der Waals surface area contributed by atoms with Gasteiger partial charge in [-0.15, -0.1) is 0 Å². The van der Waals surface area contributed by atoms with E-state index in [1.54, 1.807) is 45.0 Å². The molecule has 32 heavy (non-hydrogen) atoms. The topological polar surface area (TPSA) is 87.7 Å². The quantitative estimate of drug-likeness (QED) is 0.671. The van der Waals surface area contributed by atoms with Crippen LogP contribution < -0.4 is 14.9 Å². The van der Waals surface area contributed by atoms with Crippen LogP contribution in [-0.4, -0.2) is 44.9 Å². The first-order chi connectivity index (χ1) is 15.0. The molecule has 0 spiro atoms. The van der Waals surface area contributed by atoms with Crippen molar-refractivity contribution in [2.45, 2.75) is 45.5 Å². The van der Waals surface area contributed by atoms with Crippen molar-refractivity contribution < 1.29 is 17.9 Å². The predicted molar refractivity (Wildman–Crippen MR) is 130 cm³/mol. The highest BCUT2D eigenvalue weighted by molar-refractivity contribution is 7.94. The van der Waals surface area contributed by atoms with Gasteiger partial charge < -0.3 is 15.0 Å². The van der Waals surface area contributed by atoms with Gasteiger partial charge in [0.25, 0.3) is 5.91 Å². The van der Waals surface area contributed by atoms with E-state index in [4.69, 9.17) is 4.74 Å². The van der Waals surface area contributed by atoms with Crippen LogP contribution in [0.3, 0.4) is 0 Å². The fourth-order valence-electron chi connectivity index (χ4n) is 3.27. The maximum atomic E-state index is 12.6. The van der Waals surface area contributed by atoms with Crippen molar-refractivity contribution in [2.75, 3.05) is 34.6 Å². The molecular formula is C24H33N3O4S. The monoisotopic (exact) mass is 459 g/mol. The number of benzene rings is 2. The summed E-state index contributed by atoms with van der Waals surface area (Å²) in [6.45, 7) is 11.6. The lowest BCUT2D eigenvalue weighted by atomic mass is 10.1. The largest absolute Gasteiger partial charge is 0.374 e. The first-order valence-corrected chi connectivity index (χ1v) is 12.3. The zero-order valence-electron chi connectivity index (χ0n) is 19.4. The third-order valence-corrected chi connectivity index (χ3v) is 7.65. The Morgan fingerprint density at radius 1 is 1.03 bits per heavy atom.